The third-order valence-corrected chi connectivity index (χ3v) is 4.31. The summed E-state index contributed by atoms with van der Waals surface area (Å²) in [6.45, 7) is 2.05. The van der Waals surface area contributed by atoms with Gasteiger partial charge in [-0.25, -0.2) is 8.42 Å². The lowest BCUT2D eigenvalue weighted by molar-refractivity contribution is -0.385. The van der Waals surface area contributed by atoms with Gasteiger partial charge in [0.25, 0.3) is 11.6 Å². The van der Waals surface area contributed by atoms with Crippen LogP contribution in [0, 0.1) is 10.1 Å². The van der Waals surface area contributed by atoms with Gasteiger partial charge in [0.1, 0.15) is 5.56 Å². The molecule has 0 unspecified atom stereocenters. The Morgan fingerprint density at radius 2 is 1.93 bits per heavy atom. The maximum absolute atomic E-state index is 12.6. The molecule has 0 fully saturated rings. The van der Waals surface area contributed by atoms with E-state index in [1.807, 2.05) is 0 Å². The molecule has 0 heterocycles. The summed E-state index contributed by atoms with van der Waals surface area (Å²) in [7, 11) is -2.09. The second-order valence-corrected chi connectivity index (χ2v) is 7.72. The van der Waals surface area contributed by atoms with Gasteiger partial charge >= 0.3 is 0 Å². The number of rotatable bonds is 9. The second-order valence-electron chi connectivity index (χ2n) is 5.97. The molecule has 0 aliphatic carbocycles. The van der Waals surface area contributed by atoms with Gasteiger partial charge < -0.3 is 14.8 Å². The van der Waals surface area contributed by atoms with Gasteiger partial charge in [0.2, 0.25) is 10.0 Å². The van der Waals surface area contributed by atoms with Crippen molar-refractivity contribution in [2.24, 2.45) is 0 Å². The number of nitrogens with zero attached hydrogens (tertiary/aromatic N) is 1. The molecule has 0 spiro atoms. The van der Waals surface area contributed by atoms with Crippen molar-refractivity contribution in [3.05, 3.63) is 57.6 Å². The average Bonchev–Trinajstić information content (AvgIpc) is 2.64. The Hall–Kier alpha value is -3.34. The van der Waals surface area contributed by atoms with Crippen LogP contribution in [0.25, 0.3) is 0 Å². The molecule has 2 aromatic rings. The van der Waals surface area contributed by atoms with Crippen LogP contribution in [0.2, 0.25) is 0 Å². The number of hydrogen-bond acceptors (Lipinski definition) is 7. The fraction of sp³-hybridized carbons (Fsp3) is 0.278. The first-order valence-corrected chi connectivity index (χ1v) is 10.4. The van der Waals surface area contributed by atoms with Crippen LogP contribution in [0.15, 0.2) is 36.4 Å². The van der Waals surface area contributed by atoms with Crippen LogP contribution in [-0.4, -0.2) is 39.2 Å². The van der Waals surface area contributed by atoms with E-state index >= 15 is 0 Å². The lowest BCUT2D eigenvalue weighted by Crippen LogP contribution is -2.24. The SMILES string of the molecule is CCOc1cc(C(=O)NCc2cccc(NS(C)(=O)=O)c2)c([N+](=O)[O-])cc1OC. The Morgan fingerprint density at radius 3 is 2.52 bits per heavy atom. The van der Waals surface area contributed by atoms with E-state index in [-0.39, 0.29) is 30.2 Å². The number of sulfonamides is 1. The predicted molar refractivity (Wildman–Crippen MR) is 107 cm³/mol. The van der Waals surface area contributed by atoms with Crippen molar-refractivity contribution in [2.75, 3.05) is 24.7 Å². The molecule has 0 aliphatic heterocycles. The zero-order valence-corrected chi connectivity index (χ0v) is 16.9. The summed E-state index contributed by atoms with van der Waals surface area (Å²) in [6.07, 6.45) is 1.03. The van der Waals surface area contributed by atoms with Gasteiger partial charge in [0, 0.05) is 18.3 Å². The Morgan fingerprint density at radius 1 is 1.21 bits per heavy atom. The summed E-state index contributed by atoms with van der Waals surface area (Å²) in [5.41, 5.74) is 0.349. The van der Waals surface area contributed by atoms with Crippen LogP contribution >= 0.6 is 0 Å². The summed E-state index contributed by atoms with van der Waals surface area (Å²) in [5, 5.41) is 14.0. The lowest BCUT2D eigenvalue weighted by atomic mass is 10.1. The Kier molecular flexibility index (Phi) is 6.99. The number of carbonyl (C=O) groups is 1. The fourth-order valence-electron chi connectivity index (χ4n) is 2.55. The van der Waals surface area contributed by atoms with Crippen molar-refractivity contribution >= 4 is 27.3 Å². The van der Waals surface area contributed by atoms with Gasteiger partial charge in [-0.2, -0.15) is 0 Å². The van der Waals surface area contributed by atoms with Crippen LogP contribution < -0.4 is 19.5 Å². The number of benzene rings is 2. The number of carbonyl (C=O) groups excluding carboxylic acids is 1. The van der Waals surface area contributed by atoms with Crippen LogP contribution in [0.4, 0.5) is 11.4 Å². The fourth-order valence-corrected chi connectivity index (χ4v) is 3.10. The van der Waals surface area contributed by atoms with E-state index in [0.29, 0.717) is 11.3 Å². The third kappa shape index (κ3) is 6.07. The zero-order chi connectivity index (χ0) is 21.6. The first kappa shape index (κ1) is 22.0. The highest BCUT2D eigenvalue weighted by atomic mass is 32.2. The third-order valence-electron chi connectivity index (χ3n) is 3.71. The summed E-state index contributed by atoms with van der Waals surface area (Å²) in [6, 6.07) is 8.82. The quantitative estimate of drug-likeness (QED) is 0.466. The van der Waals surface area contributed by atoms with Crippen molar-refractivity contribution in [3.63, 3.8) is 0 Å². The molecule has 29 heavy (non-hydrogen) atoms. The van der Waals surface area contributed by atoms with Crippen molar-refractivity contribution in [1.82, 2.24) is 5.32 Å². The highest BCUT2D eigenvalue weighted by molar-refractivity contribution is 7.92. The van der Waals surface area contributed by atoms with Crippen LogP contribution in [0.3, 0.4) is 0 Å². The number of nitrogens with one attached hydrogen (secondary N) is 2. The smallest absolute Gasteiger partial charge is 0.286 e. The second kappa shape index (κ2) is 9.24. The van der Waals surface area contributed by atoms with Gasteiger partial charge in [-0.3, -0.25) is 19.6 Å². The van der Waals surface area contributed by atoms with Crippen molar-refractivity contribution in [2.45, 2.75) is 13.5 Å². The largest absolute Gasteiger partial charge is 0.493 e. The van der Waals surface area contributed by atoms with Gasteiger partial charge in [0.05, 0.1) is 31.0 Å². The Bertz CT molecular complexity index is 1020. The number of nitro benzene ring substituents is 1. The van der Waals surface area contributed by atoms with E-state index in [2.05, 4.69) is 10.0 Å². The number of amides is 1. The topological polar surface area (TPSA) is 137 Å². The van der Waals surface area contributed by atoms with E-state index in [4.69, 9.17) is 9.47 Å². The standard InChI is InChI=1S/C18H21N3O7S/c1-4-28-17-9-14(15(21(23)24)10-16(17)27-2)18(22)19-11-12-6-5-7-13(8-12)20-29(3,25)26/h5-10,20H,4,11H2,1-3H3,(H,19,22). The first-order valence-electron chi connectivity index (χ1n) is 8.48. The molecule has 0 aromatic heterocycles. The molecule has 0 saturated carbocycles. The summed E-state index contributed by atoms with van der Waals surface area (Å²) in [5.74, 6) is -0.318. The maximum Gasteiger partial charge on any atom is 0.286 e. The number of nitro groups is 1. The summed E-state index contributed by atoms with van der Waals surface area (Å²) in [4.78, 5) is 23.3. The molecule has 10 nitrogen and oxygen atoms in total. The minimum Gasteiger partial charge on any atom is -0.493 e. The summed E-state index contributed by atoms with van der Waals surface area (Å²) < 4.78 is 35.5. The first-order chi connectivity index (χ1) is 13.6. The number of hydrogen-bond donors (Lipinski definition) is 2. The van der Waals surface area contributed by atoms with Gasteiger partial charge in [-0.05, 0) is 24.6 Å². The molecule has 0 radical (unpaired) electrons. The van der Waals surface area contributed by atoms with Crippen molar-refractivity contribution in [1.29, 1.82) is 0 Å². The Labute approximate surface area is 168 Å². The predicted octanol–water partition coefficient (Wildman–Crippen LogP) is 2.30. The molecule has 0 bridgehead atoms. The number of ether oxygens (including phenoxy) is 2. The van der Waals surface area contributed by atoms with Crippen LogP contribution in [0.5, 0.6) is 11.5 Å². The molecule has 156 valence electrons. The average molecular weight is 423 g/mol. The molecule has 1 amide bonds. The molecule has 0 aliphatic rings. The maximum atomic E-state index is 12.6. The van der Waals surface area contributed by atoms with Crippen LogP contribution in [0.1, 0.15) is 22.8 Å². The van der Waals surface area contributed by atoms with E-state index in [1.54, 1.807) is 31.2 Å². The molecule has 11 heteroatoms. The zero-order valence-electron chi connectivity index (χ0n) is 16.1. The molecule has 2 aromatic carbocycles. The van der Waals surface area contributed by atoms with Crippen LogP contribution in [-0.2, 0) is 16.6 Å². The monoisotopic (exact) mass is 423 g/mol. The molecular formula is C18H21N3O7S. The lowest BCUT2D eigenvalue weighted by Gasteiger charge is -2.12. The van der Waals surface area contributed by atoms with Crippen molar-refractivity contribution in [3.8, 4) is 11.5 Å². The minimum absolute atomic E-state index is 0.0330. The molecule has 0 saturated heterocycles. The molecule has 2 N–H and O–H groups in total. The number of anilines is 1. The molecular weight excluding hydrogens is 402 g/mol. The van der Waals surface area contributed by atoms with E-state index in [1.165, 1.54) is 13.2 Å². The van der Waals surface area contributed by atoms with Gasteiger partial charge in [0.15, 0.2) is 11.5 Å². The summed E-state index contributed by atoms with van der Waals surface area (Å²) >= 11 is 0. The number of methoxy groups -OCH3 is 1. The van der Waals surface area contributed by atoms with E-state index in [9.17, 15) is 23.3 Å². The highest BCUT2D eigenvalue weighted by Gasteiger charge is 2.24. The molecule has 2 rings (SSSR count). The highest BCUT2D eigenvalue weighted by Crippen LogP contribution is 2.34. The van der Waals surface area contributed by atoms with E-state index < -0.39 is 26.5 Å². The minimum atomic E-state index is -3.44. The van der Waals surface area contributed by atoms with Gasteiger partial charge in [-0.1, -0.05) is 12.1 Å². The van der Waals surface area contributed by atoms with Gasteiger partial charge in [-0.15, -0.1) is 0 Å². The molecule has 0 atom stereocenters. The van der Waals surface area contributed by atoms with Crippen molar-refractivity contribution < 1.29 is 27.6 Å². The van der Waals surface area contributed by atoms with E-state index in [0.717, 1.165) is 12.3 Å². The normalized spacial score (nSPS) is 10.9. The Balaban J connectivity index is 2.25.